The summed E-state index contributed by atoms with van der Waals surface area (Å²) < 4.78 is 29.4. The monoisotopic (exact) mass is 318 g/mol. The zero-order chi connectivity index (χ0) is 17.1. The molecule has 0 aromatic heterocycles. The van der Waals surface area contributed by atoms with Crippen molar-refractivity contribution in [1.29, 1.82) is 0 Å². The third kappa shape index (κ3) is 4.90. The summed E-state index contributed by atoms with van der Waals surface area (Å²) in [5, 5.41) is 0. The van der Waals surface area contributed by atoms with E-state index in [2.05, 4.69) is 20.8 Å². The fourth-order valence-corrected chi connectivity index (χ4v) is 2.99. The zero-order valence-electron chi connectivity index (χ0n) is 15.6. The predicted octanol–water partition coefficient (Wildman–Crippen LogP) is 2.66. The van der Waals surface area contributed by atoms with Gasteiger partial charge in [-0.2, -0.15) is 0 Å². The van der Waals surface area contributed by atoms with Crippen LogP contribution in [0.15, 0.2) is 0 Å². The average molecular weight is 318 g/mol. The van der Waals surface area contributed by atoms with Crippen molar-refractivity contribution in [3.05, 3.63) is 0 Å². The third-order valence-electron chi connectivity index (χ3n) is 3.85. The average Bonchev–Trinajstić information content (AvgIpc) is 2.37. The van der Waals surface area contributed by atoms with E-state index in [9.17, 15) is 0 Å². The standard InChI is InChI=1S/C17H34O5/c1-16(2,3)15-14(20-9)13(19-8)12(22-17(4,5)6)11(21-15)10-18-7/h11-15H,10H2,1-9H3. The molecular formula is C17H34O5. The highest BCUT2D eigenvalue weighted by molar-refractivity contribution is 4.99. The van der Waals surface area contributed by atoms with Crippen LogP contribution in [0, 0.1) is 5.41 Å². The van der Waals surface area contributed by atoms with Crippen LogP contribution in [0.4, 0.5) is 0 Å². The molecular weight excluding hydrogens is 284 g/mol. The van der Waals surface area contributed by atoms with Crippen molar-refractivity contribution in [2.24, 2.45) is 5.41 Å². The zero-order valence-corrected chi connectivity index (χ0v) is 15.6. The Morgan fingerprint density at radius 1 is 0.818 bits per heavy atom. The molecule has 5 nitrogen and oxygen atoms in total. The lowest BCUT2D eigenvalue weighted by Crippen LogP contribution is -2.64. The molecule has 0 aromatic carbocycles. The summed E-state index contributed by atoms with van der Waals surface area (Å²) in [6, 6.07) is 0. The van der Waals surface area contributed by atoms with E-state index in [0.717, 1.165) is 0 Å². The highest BCUT2D eigenvalue weighted by atomic mass is 16.6. The van der Waals surface area contributed by atoms with E-state index >= 15 is 0 Å². The Bertz CT molecular complexity index is 331. The van der Waals surface area contributed by atoms with Crippen LogP contribution < -0.4 is 0 Å². The summed E-state index contributed by atoms with van der Waals surface area (Å²) in [5.41, 5.74) is -0.375. The van der Waals surface area contributed by atoms with Gasteiger partial charge < -0.3 is 23.7 Å². The summed E-state index contributed by atoms with van der Waals surface area (Å²) >= 11 is 0. The second-order valence-electron chi connectivity index (χ2n) is 8.01. The molecule has 0 saturated carbocycles. The van der Waals surface area contributed by atoms with Crippen LogP contribution >= 0.6 is 0 Å². The van der Waals surface area contributed by atoms with Crippen LogP contribution in [-0.4, -0.2) is 64.1 Å². The van der Waals surface area contributed by atoms with E-state index in [1.165, 1.54) is 0 Å². The molecule has 0 aliphatic carbocycles. The smallest absolute Gasteiger partial charge is 0.115 e. The van der Waals surface area contributed by atoms with Crippen LogP contribution in [0.25, 0.3) is 0 Å². The molecule has 1 saturated heterocycles. The first-order valence-corrected chi connectivity index (χ1v) is 7.93. The maximum absolute atomic E-state index is 6.33. The molecule has 0 bridgehead atoms. The molecule has 0 aromatic rings. The Labute approximate surface area is 135 Å². The van der Waals surface area contributed by atoms with E-state index in [-0.39, 0.29) is 41.5 Å². The lowest BCUT2D eigenvalue weighted by molar-refractivity contribution is -0.287. The Morgan fingerprint density at radius 2 is 1.36 bits per heavy atom. The van der Waals surface area contributed by atoms with Crippen molar-refractivity contribution in [2.45, 2.75) is 77.7 Å². The number of hydrogen-bond acceptors (Lipinski definition) is 5. The Kier molecular flexibility index (Phi) is 6.84. The number of rotatable bonds is 5. The molecule has 0 spiro atoms. The minimum atomic E-state index is -0.302. The quantitative estimate of drug-likeness (QED) is 0.780. The maximum Gasteiger partial charge on any atom is 0.115 e. The lowest BCUT2D eigenvalue weighted by Gasteiger charge is -2.50. The van der Waals surface area contributed by atoms with Gasteiger partial charge in [-0.15, -0.1) is 0 Å². The molecule has 1 aliphatic heterocycles. The molecule has 0 amide bonds. The Balaban J connectivity index is 3.13. The van der Waals surface area contributed by atoms with Gasteiger partial charge in [-0.3, -0.25) is 0 Å². The fourth-order valence-electron chi connectivity index (χ4n) is 2.99. The van der Waals surface area contributed by atoms with Crippen molar-refractivity contribution < 1.29 is 23.7 Å². The number of ether oxygens (including phenoxy) is 5. The third-order valence-corrected chi connectivity index (χ3v) is 3.85. The van der Waals surface area contributed by atoms with E-state index in [1.54, 1.807) is 21.3 Å². The molecule has 5 atom stereocenters. The largest absolute Gasteiger partial charge is 0.382 e. The molecule has 1 fully saturated rings. The van der Waals surface area contributed by atoms with Gasteiger partial charge in [0.25, 0.3) is 0 Å². The molecule has 1 heterocycles. The van der Waals surface area contributed by atoms with Gasteiger partial charge in [0.2, 0.25) is 0 Å². The first-order chi connectivity index (χ1) is 10.0. The summed E-state index contributed by atoms with van der Waals surface area (Å²) in [7, 11) is 5.07. The normalized spacial score (nSPS) is 34.0. The summed E-state index contributed by atoms with van der Waals surface area (Å²) in [5.74, 6) is 0. The highest BCUT2D eigenvalue weighted by Crippen LogP contribution is 2.37. The molecule has 0 radical (unpaired) electrons. The van der Waals surface area contributed by atoms with Crippen molar-refractivity contribution in [3.63, 3.8) is 0 Å². The molecule has 1 aliphatic rings. The first kappa shape index (κ1) is 19.8. The molecule has 0 N–H and O–H groups in total. The van der Waals surface area contributed by atoms with E-state index in [1.807, 2.05) is 20.8 Å². The SMILES string of the molecule is COCC1OC(C(C)(C)C)C(OC)C(OC)C1OC(C)(C)C. The van der Waals surface area contributed by atoms with Crippen LogP contribution in [0.1, 0.15) is 41.5 Å². The minimum absolute atomic E-state index is 0.0733. The second-order valence-corrected chi connectivity index (χ2v) is 8.01. The second kappa shape index (κ2) is 7.58. The number of hydrogen-bond donors (Lipinski definition) is 0. The first-order valence-electron chi connectivity index (χ1n) is 7.93. The molecule has 5 unspecified atom stereocenters. The molecule has 5 heteroatoms. The van der Waals surface area contributed by atoms with Gasteiger partial charge in [0.1, 0.15) is 24.4 Å². The van der Waals surface area contributed by atoms with Crippen LogP contribution in [0.5, 0.6) is 0 Å². The van der Waals surface area contributed by atoms with E-state index in [0.29, 0.717) is 6.61 Å². The predicted molar refractivity (Wildman–Crippen MR) is 86.2 cm³/mol. The fraction of sp³-hybridized carbons (Fsp3) is 1.00. The number of methoxy groups -OCH3 is 3. The van der Waals surface area contributed by atoms with E-state index < -0.39 is 0 Å². The summed E-state index contributed by atoms with van der Waals surface area (Å²) in [4.78, 5) is 0. The van der Waals surface area contributed by atoms with Crippen LogP contribution in [0.3, 0.4) is 0 Å². The summed E-state index contributed by atoms with van der Waals surface area (Å²) in [6.45, 7) is 13.0. The van der Waals surface area contributed by atoms with Crippen molar-refractivity contribution in [1.82, 2.24) is 0 Å². The molecule has 132 valence electrons. The molecule has 22 heavy (non-hydrogen) atoms. The van der Waals surface area contributed by atoms with E-state index in [4.69, 9.17) is 23.7 Å². The van der Waals surface area contributed by atoms with Crippen LogP contribution in [0.2, 0.25) is 0 Å². The van der Waals surface area contributed by atoms with Crippen LogP contribution in [-0.2, 0) is 23.7 Å². The highest BCUT2D eigenvalue weighted by Gasteiger charge is 2.51. The van der Waals surface area contributed by atoms with Gasteiger partial charge in [-0.25, -0.2) is 0 Å². The Hall–Kier alpha value is -0.200. The Morgan fingerprint density at radius 3 is 1.73 bits per heavy atom. The van der Waals surface area contributed by atoms with Gasteiger partial charge in [0.05, 0.1) is 18.3 Å². The maximum atomic E-state index is 6.33. The van der Waals surface area contributed by atoms with Gasteiger partial charge >= 0.3 is 0 Å². The summed E-state index contributed by atoms with van der Waals surface area (Å²) in [6.07, 6.45) is -0.923. The molecule has 1 rings (SSSR count). The topological polar surface area (TPSA) is 46.2 Å². The van der Waals surface area contributed by atoms with Crippen molar-refractivity contribution in [2.75, 3.05) is 27.9 Å². The van der Waals surface area contributed by atoms with Gasteiger partial charge in [-0.1, -0.05) is 20.8 Å². The van der Waals surface area contributed by atoms with Gasteiger partial charge in [0.15, 0.2) is 0 Å². The lowest BCUT2D eigenvalue weighted by atomic mass is 9.80. The van der Waals surface area contributed by atoms with Crippen molar-refractivity contribution >= 4 is 0 Å². The van der Waals surface area contributed by atoms with Gasteiger partial charge in [-0.05, 0) is 26.2 Å². The van der Waals surface area contributed by atoms with Crippen molar-refractivity contribution in [3.8, 4) is 0 Å². The minimum Gasteiger partial charge on any atom is -0.382 e. The van der Waals surface area contributed by atoms with Gasteiger partial charge in [0, 0.05) is 21.3 Å².